The van der Waals surface area contributed by atoms with Gasteiger partial charge >= 0.3 is 11.7 Å². The fourth-order valence-electron chi connectivity index (χ4n) is 1.44. The van der Waals surface area contributed by atoms with E-state index in [1.807, 2.05) is 0 Å². The topological polar surface area (TPSA) is 77.4 Å². The normalized spacial score (nSPS) is 10.6. The van der Waals surface area contributed by atoms with Gasteiger partial charge in [-0.1, -0.05) is 0 Å². The van der Waals surface area contributed by atoms with Crippen LogP contribution in [-0.4, -0.2) is 20.2 Å². The van der Waals surface area contributed by atoms with Crippen molar-refractivity contribution in [3.05, 3.63) is 46.5 Å². The van der Waals surface area contributed by atoms with E-state index in [0.717, 1.165) is 0 Å². The van der Waals surface area contributed by atoms with Crippen LogP contribution in [0.25, 0.3) is 0 Å². The van der Waals surface area contributed by atoms with Crippen LogP contribution in [0.4, 0.5) is 0 Å². The second-order valence-corrected chi connectivity index (χ2v) is 3.38. The summed E-state index contributed by atoms with van der Waals surface area (Å²) in [6.45, 7) is 0.119. The van der Waals surface area contributed by atoms with E-state index in [1.54, 1.807) is 19.4 Å². The van der Waals surface area contributed by atoms with Gasteiger partial charge in [0.2, 0.25) is 0 Å². The number of nitrogens with zero attached hydrogens (tertiary/aromatic N) is 2. The van der Waals surface area contributed by atoms with E-state index in [-0.39, 0.29) is 23.6 Å². The van der Waals surface area contributed by atoms with Crippen LogP contribution in [0.15, 0.2) is 33.9 Å². The van der Waals surface area contributed by atoms with E-state index in [2.05, 4.69) is 0 Å². The minimum absolute atomic E-state index is 0.0794. The molecule has 6 nitrogen and oxygen atoms in total. The average molecular weight is 222 g/mol. The number of hydrogen-bond acceptors (Lipinski definition) is 3. The van der Waals surface area contributed by atoms with Gasteiger partial charge in [-0.25, -0.2) is 9.59 Å². The highest BCUT2D eigenvalue weighted by molar-refractivity contribution is 5.88. The summed E-state index contributed by atoms with van der Waals surface area (Å²) in [7, 11) is 1.62. The van der Waals surface area contributed by atoms with Crippen molar-refractivity contribution >= 4 is 5.97 Å². The van der Waals surface area contributed by atoms with Crippen molar-refractivity contribution in [2.45, 2.75) is 6.54 Å². The van der Waals surface area contributed by atoms with Gasteiger partial charge in [-0.15, -0.1) is 0 Å². The molecule has 16 heavy (non-hydrogen) atoms. The summed E-state index contributed by atoms with van der Waals surface area (Å²) in [4.78, 5) is 22.3. The van der Waals surface area contributed by atoms with Gasteiger partial charge in [0.25, 0.3) is 0 Å². The maximum Gasteiger partial charge on any atom is 0.339 e. The maximum absolute atomic E-state index is 11.5. The molecule has 84 valence electrons. The lowest BCUT2D eigenvalue weighted by atomic mass is 10.2. The molecule has 0 radical (unpaired) electrons. The molecule has 1 N–H and O–H groups in total. The number of carboxylic acids is 1. The van der Waals surface area contributed by atoms with Crippen LogP contribution in [0.2, 0.25) is 0 Å². The maximum atomic E-state index is 11.5. The van der Waals surface area contributed by atoms with Crippen molar-refractivity contribution in [1.29, 1.82) is 0 Å². The van der Waals surface area contributed by atoms with Crippen molar-refractivity contribution in [2.24, 2.45) is 7.05 Å². The number of carboxylic acid groups (broad SMARTS) is 1. The first kappa shape index (κ1) is 10.3. The van der Waals surface area contributed by atoms with Gasteiger partial charge < -0.3 is 14.1 Å². The van der Waals surface area contributed by atoms with E-state index < -0.39 is 5.97 Å². The van der Waals surface area contributed by atoms with Gasteiger partial charge in [-0.3, -0.25) is 4.57 Å². The van der Waals surface area contributed by atoms with E-state index >= 15 is 0 Å². The molecule has 0 spiro atoms. The molecule has 0 saturated carbocycles. The predicted octanol–water partition coefficient (Wildman–Crippen LogP) is 0.526. The summed E-state index contributed by atoms with van der Waals surface area (Å²) < 4.78 is 7.83. The molecule has 2 rings (SSSR count). The smallest absolute Gasteiger partial charge is 0.339 e. The molecule has 0 fully saturated rings. The van der Waals surface area contributed by atoms with Gasteiger partial charge in [0.15, 0.2) is 0 Å². The second kappa shape index (κ2) is 3.73. The highest BCUT2D eigenvalue weighted by Crippen LogP contribution is 2.11. The third-order valence-electron chi connectivity index (χ3n) is 2.31. The lowest BCUT2D eigenvalue weighted by molar-refractivity contribution is 0.0694. The third-order valence-corrected chi connectivity index (χ3v) is 2.31. The highest BCUT2D eigenvalue weighted by Gasteiger charge is 2.14. The van der Waals surface area contributed by atoms with Gasteiger partial charge in [0, 0.05) is 19.4 Å². The van der Waals surface area contributed by atoms with Crippen LogP contribution in [0, 0.1) is 0 Å². The quantitative estimate of drug-likeness (QED) is 0.821. The molecule has 2 heterocycles. The Kier molecular flexibility index (Phi) is 2.40. The number of hydrogen-bond donors (Lipinski definition) is 1. The standard InChI is InChI=1S/C10H10N2O4/c1-11-3-4-12(10(11)15)6-8-7(9(13)14)2-5-16-8/h2-5H,6H2,1H3,(H,13,14). The molecule has 0 saturated heterocycles. The monoisotopic (exact) mass is 222 g/mol. The van der Waals surface area contributed by atoms with Crippen LogP contribution in [0.5, 0.6) is 0 Å². The lowest BCUT2D eigenvalue weighted by Crippen LogP contribution is -2.22. The van der Waals surface area contributed by atoms with Crippen molar-refractivity contribution in [3.8, 4) is 0 Å². The van der Waals surface area contributed by atoms with Gasteiger partial charge in [0.05, 0.1) is 12.8 Å². The van der Waals surface area contributed by atoms with Crippen LogP contribution >= 0.6 is 0 Å². The van der Waals surface area contributed by atoms with E-state index in [4.69, 9.17) is 9.52 Å². The second-order valence-electron chi connectivity index (χ2n) is 3.38. The van der Waals surface area contributed by atoms with Gasteiger partial charge in [-0.05, 0) is 6.07 Å². The summed E-state index contributed by atoms with van der Waals surface area (Å²) in [5.41, 5.74) is -0.136. The molecule has 0 bridgehead atoms. The molecule has 0 aliphatic rings. The number of carbonyl (C=O) groups is 1. The zero-order valence-corrected chi connectivity index (χ0v) is 8.58. The van der Waals surface area contributed by atoms with Crippen LogP contribution in [-0.2, 0) is 13.6 Å². The van der Waals surface area contributed by atoms with Crippen molar-refractivity contribution < 1.29 is 14.3 Å². The Morgan fingerprint density at radius 1 is 1.50 bits per heavy atom. The summed E-state index contributed by atoms with van der Waals surface area (Å²) in [6, 6.07) is 1.37. The van der Waals surface area contributed by atoms with Crippen molar-refractivity contribution in [3.63, 3.8) is 0 Å². The number of aromatic nitrogens is 2. The zero-order chi connectivity index (χ0) is 11.7. The fraction of sp³-hybridized carbons (Fsp3) is 0.200. The molecular weight excluding hydrogens is 212 g/mol. The van der Waals surface area contributed by atoms with Gasteiger partial charge in [0.1, 0.15) is 11.3 Å². The van der Waals surface area contributed by atoms with E-state index in [1.165, 1.54) is 21.5 Å². The molecular formula is C10H10N2O4. The minimum atomic E-state index is -1.06. The van der Waals surface area contributed by atoms with Crippen LogP contribution in [0.3, 0.4) is 0 Å². The molecule has 0 aromatic carbocycles. The van der Waals surface area contributed by atoms with Crippen LogP contribution < -0.4 is 5.69 Å². The number of aryl methyl sites for hydroxylation is 1. The molecule has 2 aromatic rings. The fourth-order valence-corrected chi connectivity index (χ4v) is 1.44. The van der Waals surface area contributed by atoms with E-state index in [0.29, 0.717) is 0 Å². The Morgan fingerprint density at radius 2 is 2.25 bits per heavy atom. The largest absolute Gasteiger partial charge is 0.478 e. The first-order chi connectivity index (χ1) is 7.59. The molecule has 0 atom stereocenters. The average Bonchev–Trinajstić information content (AvgIpc) is 2.80. The summed E-state index contributed by atoms with van der Waals surface area (Å²) in [6.07, 6.45) is 4.48. The Morgan fingerprint density at radius 3 is 2.81 bits per heavy atom. The minimum Gasteiger partial charge on any atom is -0.478 e. The molecule has 6 heteroatoms. The van der Waals surface area contributed by atoms with E-state index in [9.17, 15) is 9.59 Å². The number of furan rings is 1. The Balaban J connectivity index is 2.34. The van der Waals surface area contributed by atoms with Crippen molar-refractivity contribution in [1.82, 2.24) is 9.13 Å². The lowest BCUT2D eigenvalue weighted by Gasteiger charge is -1.99. The zero-order valence-electron chi connectivity index (χ0n) is 8.58. The Hall–Kier alpha value is -2.24. The molecule has 0 aliphatic heterocycles. The molecule has 2 aromatic heterocycles. The Bertz CT molecular complexity index is 576. The van der Waals surface area contributed by atoms with Gasteiger partial charge in [-0.2, -0.15) is 0 Å². The first-order valence-corrected chi connectivity index (χ1v) is 4.61. The summed E-state index contributed by atoms with van der Waals surface area (Å²) in [5, 5.41) is 8.85. The first-order valence-electron chi connectivity index (χ1n) is 4.61. The van der Waals surface area contributed by atoms with Crippen molar-refractivity contribution in [2.75, 3.05) is 0 Å². The van der Waals surface area contributed by atoms with Crippen LogP contribution in [0.1, 0.15) is 16.1 Å². The summed E-state index contributed by atoms with van der Waals surface area (Å²) >= 11 is 0. The SMILES string of the molecule is Cn1ccn(Cc2occc2C(=O)O)c1=O. The Labute approximate surface area is 90.3 Å². The number of imidazole rings is 1. The highest BCUT2D eigenvalue weighted by atomic mass is 16.4. The number of aromatic carboxylic acids is 1. The number of rotatable bonds is 3. The predicted molar refractivity (Wildman–Crippen MR) is 54.4 cm³/mol. The molecule has 0 amide bonds. The molecule has 0 aliphatic carbocycles. The molecule has 0 unspecified atom stereocenters. The summed E-state index contributed by atoms with van der Waals surface area (Å²) in [5.74, 6) is -0.798. The third kappa shape index (κ3) is 1.65.